The molecule has 8 heteroatoms. The van der Waals surface area contributed by atoms with E-state index in [1.807, 2.05) is 58.2 Å². The summed E-state index contributed by atoms with van der Waals surface area (Å²) in [6, 6.07) is 7.59. The summed E-state index contributed by atoms with van der Waals surface area (Å²) < 4.78 is 7.22. The van der Waals surface area contributed by atoms with E-state index in [2.05, 4.69) is 20.8 Å². The minimum atomic E-state index is -0.585. The Bertz CT molecular complexity index is 820. The lowest BCUT2D eigenvalue weighted by Crippen LogP contribution is -2.33. The predicted octanol–water partition coefficient (Wildman–Crippen LogP) is 3.03. The van der Waals surface area contributed by atoms with Crippen LogP contribution in [0.15, 0.2) is 40.4 Å². The van der Waals surface area contributed by atoms with Gasteiger partial charge in [-0.2, -0.15) is 4.68 Å². The zero-order chi connectivity index (χ0) is 18.2. The third kappa shape index (κ3) is 3.53. The van der Waals surface area contributed by atoms with Gasteiger partial charge in [0, 0.05) is 10.6 Å². The third-order valence-electron chi connectivity index (χ3n) is 3.76. The molecule has 0 saturated heterocycles. The molecule has 1 atom stereocenters. The van der Waals surface area contributed by atoms with Gasteiger partial charge in [-0.15, -0.1) is 11.8 Å². The summed E-state index contributed by atoms with van der Waals surface area (Å²) in [5.41, 5.74) is 1.54. The van der Waals surface area contributed by atoms with Crippen molar-refractivity contribution >= 4 is 23.7 Å². The highest BCUT2D eigenvalue weighted by molar-refractivity contribution is 7.98. The number of fused-ring (bicyclic) bond motifs is 1. The number of rotatable bonds is 3. The largest absolute Gasteiger partial charge is 0.456 e. The molecule has 0 bridgehead atoms. The molecule has 0 aliphatic carbocycles. The maximum atomic E-state index is 12.9. The lowest BCUT2D eigenvalue weighted by Gasteiger charge is -2.29. The second-order valence-corrected chi connectivity index (χ2v) is 7.67. The molecule has 1 aliphatic rings. The van der Waals surface area contributed by atoms with E-state index < -0.39 is 11.6 Å². The molecular formula is C17H21N5O2S. The number of hydrogen-bond acceptors (Lipinski definition) is 7. The first-order chi connectivity index (χ1) is 11.8. The van der Waals surface area contributed by atoms with Gasteiger partial charge in [0.2, 0.25) is 5.95 Å². The number of nitrogens with one attached hydrogen (secondary N) is 1. The van der Waals surface area contributed by atoms with Gasteiger partial charge in [0.15, 0.2) is 0 Å². The minimum Gasteiger partial charge on any atom is -0.456 e. The van der Waals surface area contributed by atoms with E-state index in [1.54, 1.807) is 16.4 Å². The van der Waals surface area contributed by atoms with Crippen LogP contribution in [-0.2, 0) is 9.53 Å². The number of hydrogen-bond donors (Lipinski definition) is 1. The Morgan fingerprint density at radius 3 is 2.56 bits per heavy atom. The average Bonchev–Trinajstić information content (AvgIpc) is 2.99. The SMILES string of the molecule is CSc1ccc(C2C(C(=O)OC(C)(C)C)=C(C)Nc3nnnn32)cc1. The van der Waals surface area contributed by atoms with Crippen molar-refractivity contribution in [3.8, 4) is 0 Å². The zero-order valence-electron chi connectivity index (χ0n) is 14.9. The first-order valence-corrected chi connectivity index (χ1v) is 9.15. The molecule has 7 nitrogen and oxygen atoms in total. The van der Waals surface area contributed by atoms with Gasteiger partial charge in [0.05, 0.1) is 5.57 Å². The van der Waals surface area contributed by atoms with E-state index >= 15 is 0 Å². The topological polar surface area (TPSA) is 81.9 Å². The Labute approximate surface area is 150 Å². The zero-order valence-corrected chi connectivity index (χ0v) is 15.7. The normalized spacial score (nSPS) is 17.1. The standard InChI is InChI=1S/C17H21N5O2S/c1-10-13(15(23)24-17(2,3)4)14(22-16(18-10)19-20-21-22)11-6-8-12(25-5)9-7-11/h6-9,14H,1-5H3,(H,18,19,21). The van der Waals surface area contributed by atoms with Crippen molar-refractivity contribution < 1.29 is 9.53 Å². The van der Waals surface area contributed by atoms with Gasteiger partial charge in [-0.25, -0.2) is 4.79 Å². The Hall–Kier alpha value is -2.35. The molecule has 1 N–H and O–H groups in total. The van der Waals surface area contributed by atoms with Crippen LogP contribution in [-0.4, -0.2) is 38.0 Å². The molecule has 0 radical (unpaired) electrons. The summed E-state index contributed by atoms with van der Waals surface area (Å²) in [6.07, 6.45) is 2.02. The minimum absolute atomic E-state index is 0.377. The Morgan fingerprint density at radius 1 is 1.28 bits per heavy atom. The van der Waals surface area contributed by atoms with Gasteiger partial charge in [-0.05, 0) is 62.1 Å². The molecule has 132 valence electrons. The van der Waals surface area contributed by atoms with Gasteiger partial charge in [0.1, 0.15) is 11.6 Å². The van der Waals surface area contributed by atoms with Crippen LogP contribution in [0.3, 0.4) is 0 Å². The lowest BCUT2D eigenvalue weighted by atomic mass is 9.95. The van der Waals surface area contributed by atoms with Crippen LogP contribution in [0.2, 0.25) is 0 Å². The molecule has 3 rings (SSSR count). The highest BCUT2D eigenvalue weighted by atomic mass is 32.2. The Balaban J connectivity index is 2.08. The van der Waals surface area contributed by atoms with E-state index in [4.69, 9.17) is 4.74 Å². The number of allylic oxidation sites excluding steroid dienone is 1. The molecule has 0 saturated carbocycles. The average molecular weight is 359 g/mol. The van der Waals surface area contributed by atoms with Crippen molar-refractivity contribution in [1.29, 1.82) is 0 Å². The van der Waals surface area contributed by atoms with Gasteiger partial charge in [-0.3, -0.25) is 0 Å². The molecule has 2 heterocycles. The summed E-state index contributed by atoms with van der Waals surface area (Å²) in [4.78, 5) is 14.0. The fourth-order valence-corrected chi connectivity index (χ4v) is 3.11. The molecule has 0 spiro atoms. The van der Waals surface area contributed by atoms with E-state index in [-0.39, 0.29) is 5.97 Å². The summed E-state index contributed by atoms with van der Waals surface area (Å²) in [6.45, 7) is 7.38. The predicted molar refractivity (Wildman–Crippen MR) is 96.3 cm³/mol. The molecule has 1 aromatic carbocycles. The van der Waals surface area contributed by atoms with Crippen LogP contribution < -0.4 is 5.32 Å². The number of carbonyl (C=O) groups excluding carboxylic acids is 1. The first-order valence-electron chi connectivity index (χ1n) is 7.93. The number of anilines is 1. The molecule has 1 aromatic heterocycles. The highest BCUT2D eigenvalue weighted by Crippen LogP contribution is 2.36. The number of tetrazole rings is 1. The molecular weight excluding hydrogens is 338 g/mol. The first kappa shape index (κ1) is 17.5. The number of benzene rings is 1. The fraction of sp³-hybridized carbons (Fsp3) is 0.412. The van der Waals surface area contributed by atoms with Crippen molar-refractivity contribution in [2.45, 2.75) is 44.2 Å². The number of ether oxygens (including phenoxy) is 1. The van der Waals surface area contributed by atoms with Gasteiger partial charge < -0.3 is 10.1 Å². The van der Waals surface area contributed by atoms with Crippen molar-refractivity contribution in [3.05, 3.63) is 41.1 Å². The monoisotopic (exact) mass is 359 g/mol. The quantitative estimate of drug-likeness (QED) is 0.666. The van der Waals surface area contributed by atoms with Crippen molar-refractivity contribution in [2.75, 3.05) is 11.6 Å². The van der Waals surface area contributed by atoms with Crippen LogP contribution >= 0.6 is 11.8 Å². The number of aromatic nitrogens is 4. The third-order valence-corrected chi connectivity index (χ3v) is 4.51. The second-order valence-electron chi connectivity index (χ2n) is 6.79. The summed E-state index contributed by atoms with van der Waals surface area (Å²) in [5.74, 6) is 0.126. The van der Waals surface area contributed by atoms with Crippen molar-refractivity contribution in [1.82, 2.24) is 20.2 Å². The van der Waals surface area contributed by atoms with E-state index in [9.17, 15) is 4.79 Å². The summed E-state index contributed by atoms with van der Waals surface area (Å²) in [7, 11) is 0. The van der Waals surface area contributed by atoms with Crippen LogP contribution in [0.5, 0.6) is 0 Å². The summed E-state index contributed by atoms with van der Waals surface area (Å²) in [5, 5.41) is 14.9. The van der Waals surface area contributed by atoms with Crippen molar-refractivity contribution in [3.63, 3.8) is 0 Å². The smallest absolute Gasteiger partial charge is 0.338 e. The second kappa shape index (κ2) is 6.51. The Kier molecular flexibility index (Phi) is 4.55. The van der Waals surface area contributed by atoms with Crippen molar-refractivity contribution in [2.24, 2.45) is 0 Å². The maximum absolute atomic E-state index is 12.9. The van der Waals surface area contributed by atoms with Crippen LogP contribution in [0, 0.1) is 0 Å². The number of nitrogens with zero attached hydrogens (tertiary/aromatic N) is 4. The van der Waals surface area contributed by atoms with Crippen LogP contribution in [0.4, 0.5) is 5.95 Å². The number of carbonyl (C=O) groups is 1. The lowest BCUT2D eigenvalue weighted by molar-refractivity contribution is -0.150. The fourth-order valence-electron chi connectivity index (χ4n) is 2.70. The van der Waals surface area contributed by atoms with E-state index in [1.165, 1.54) is 0 Å². The number of thioether (sulfide) groups is 1. The molecule has 1 unspecified atom stereocenters. The van der Waals surface area contributed by atoms with Gasteiger partial charge >= 0.3 is 5.97 Å². The molecule has 25 heavy (non-hydrogen) atoms. The molecule has 2 aromatic rings. The van der Waals surface area contributed by atoms with Gasteiger partial charge in [0.25, 0.3) is 0 Å². The molecule has 0 amide bonds. The molecule has 0 fully saturated rings. The van der Waals surface area contributed by atoms with Gasteiger partial charge in [-0.1, -0.05) is 17.2 Å². The molecule has 1 aliphatic heterocycles. The van der Waals surface area contributed by atoms with Crippen LogP contribution in [0.25, 0.3) is 0 Å². The Morgan fingerprint density at radius 2 is 1.96 bits per heavy atom. The highest BCUT2D eigenvalue weighted by Gasteiger charge is 2.36. The van der Waals surface area contributed by atoms with E-state index in [0.717, 1.165) is 10.5 Å². The van der Waals surface area contributed by atoms with E-state index in [0.29, 0.717) is 17.2 Å². The maximum Gasteiger partial charge on any atom is 0.338 e. The number of esters is 1. The van der Waals surface area contributed by atoms with Crippen LogP contribution in [0.1, 0.15) is 39.3 Å². The summed E-state index contributed by atoms with van der Waals surface area (Å²) >= 11 is 1.66.